The van der Waals surface area contributed by atoms with Crippen molar-refractivity contribution in [3.8, 4) is 5.69 Å². The molecule has 0 spiro atoms. The Morgan fingerprint density at radius 2 is 1.75 bits per heavy atom. The molecular weight excluding hydrogens is 368 g/mol. The van der Waals surface area contributed by atoms with Crippen LogP contribution in [-0.2, 0) is 0 Å². The highest BCUT2D eigenvalue weighted by atomic mass is 32.2. The molecule has 5 nitrogen and oxygen atoms in total. The summed E-state index contributed by atoms with van der Waals surface area (Å²) in [5.74, 6) is 0.894. The normalized spacial score (nSPS) is 12.4. The number of rotatable bonds is 5. The molecule has 142 valence electrons. The molecule has 2 heterocycles. The van der Waals surface area contributed by atoms with Crippen LogP contribution in [-0.4, -0.2) is 30.8 Å². The second-order valence-corrected chi connectivity index (χ2v) is 8.30. The van der Waals surface area contributed by atoms with Crippen molar-refractivity contribution in [2.75, 3.05) is 0 Å². The number of aryl methyl sites for hydroxylation is 3. The second kappa shape index (κ2) is 7.28. The summed E-state index contributed by atoms with van der Waals surface area (Å²) in [4.78, 5) is 16.6. The highest BCUT2D eigenvalue weighted by Crippen LogP contribution is 2.30. The minimum Gasteiger partial charge on any atom is -0.358 e. The van der Waals surface area contributed by atoms with E-state index in [4.69, 9.17) is 0 Å². The van der Waals surface area contributed by atoms with Gasteiger partial charge in [0.15, 0.2) is 10.9 Å². The van der Waals surface area contributed by atoms with Crippen molar-refractivity contribution < 1.29 is 4.79 Å². The van der Waals surface area contributed by atoms with Gasteiger partial charge in [-0.2, -0.15) is 0 Å². The minimum absolute atomic E-state index is 0.0936. The Hall–Kier alpha value is -2.86. The molecule has 1 unspecified atom stereocenters. The maximum atomic E-state index is 13.2. The number of thioether (sulfide) groups is 1. The molecule has 4 rings (SSSR count). The molecule has 0 radical (unpaired) electrons. The lowest BCUT2D eigenvalue weighted by atomic mass is 10.1. The topological polar surface area (TPSA) is 63.6 Å². The molecule has 1 N–H and O–H groups in total. The van der Waals surface area contributed by atoms with Gasteiger partial charge in [0.1, 0.15) is 5.82 Å². The Morgan fingerprint density at radius 1 is 1.04 bits per heavy atom. The molecular formula is C22H22N4OS. The summed E-state index contributed by atoms with van der Waals surface area (Å²) < 4.78 is 2.00. The van der Waals surface area contributed by atoms with Crippen LogP contribution in [0, 0.1) is 20.8 Å². The molecule has 0 bridgehead atoms. The lowest BCUT2D eigenvalue weighted by Gasteiger charge is -2.13. The van der Waals surface area contributed by atoms with E-state index in [0.29, 0.717) is 0 Å². The average Bonchev–Trinajstić information content (AvgIpc) is 3.21. The molecule has 0 amide bonds. The van der Waals surface area contributed by atoms with E-state index in [1.54, 1.807) is 0 Å². The van der Waals surface area contributed by atoms with Gasteiger partial charge in [-0.3, -0.25) is 9.36 Å². The number of nitrogens with one attached hydrogen (secondary N) is 1. The molecule has 0 aliphatic carbocycles. The smallest absolute Gasteiger partial charge is 0.196 e. The number of nitrogens with zero attached hydrogens (tertiary/aromatic N) is 3. The van der Waals surface area contributed by atoms with E-state index in [1.165, 1.54) is 17.3 Å². The van der Waals surface area contributed by atoms with Gasteiger partial charge >= 0.3 is 0 Å². The number of H-pyrrole nitrogens is 1. The fourth-order valence-corrected chi connectivity index (χ4v) is 4.39. The lowest BCUT2D eigenvalue weighted by molar-refractivity contribution is 0.0995. The highest BCUT2D eigenvalue weighted by Gasteiger charge is 2.24. The summed E-state index contributed by atoms with van der Waals surface area (Å²) in [5.41, 5.74) is 4.84. The van der Waals surface area contributed by atoms with E-state index in [2.05, 4.69) is 34.2 Å². The van der Waals surface area contributed by atoms with Crippen LogP contribution in [0.1, 0.15) is 34.4 Å². The van der Waals surface area contributed by atoms with E-state index >= 15 is 0 Å². The monoisotopic (exact) mass is 390 g/mol. The fourth-order valence-electron chi connectivity index (χ4n) is 3.42. The Balaban J connectivity index is 1.66. The first kappa shape index (κ1) is 18.5. The number of fused-ring (bicyclic) bond motifs is 1. The number of carbonyl (C=O) groups is 1. The molecule has 28 heavy (non-hydrogen) atoms. The number of hydrogen-bond acceptors (Lipinski definition) is 4. The summed E-state index contributed by atoms with van der Waals surface area (Å²) in [5, 5.41) is 9.95. The van der Waals surface area contributed by atoms with Crippen molar-refractivity contribution in [1.82, 2.24) is 19.7 Å². The van der Waals surface area contributed by atoms with Crippen molar-refractivity contribution in [1.29, 1.82) is 0 Å². The summed E-state index contributed by atoms with van der Waals surface area (Å²) >= 11 is 1.44. The summed E-state index contributed by atoms with van der Waals surface area (Å²) in [6, 6.07) is 16.1. The van der Waals surface area contributed by atoms with Crippen LogP contribution in [0.4, 0.5) is 0 Å². The van der Waals surface area contributed by atoms with Crippen LogP contribution < -0.4 is 0 Å². The Morgan fingerprint density at radius 3 is 2.50 bits per heavy atom. The van der Waals surface area contributed by atoms with Crippen LogP contribution in [0.2, 0.25) is 0 Å². The zero-order valence-electron chi connectivity index (χ0n) is 16.4. The number of carbonyl (C=O) groups excluding carboxylic acids is 1. The number of benzene rings is 2. The van der Waals surface area contributed by atoms with E-state index < -0.39 is 0 Å². The summed E-state index contributed by atoms with van der Waals surface area (Å²) in [6.07, 6.45) is 0. The van der Waals surface area contributed by atoms with E-state index in [0.717, 1.165) is 38.8 Å². The second-order valence-electron chi connectivity index (χ2n) is 7.00. The molecule has 0 fully saturated rings. The molecule has 0 saturated heterocycles. The number of para-hydroxylation sites is 1. The standard InChI is InChI=1S/C22H22N4OS/c1-13-9-11-17(12-10-13)26-16(4)24-25-22(26)28-15(3)21(27)20-14(2)23-19-8-6-5-7-18(19)20/h5-12,15,23H,1-4H3. The SMILES string of the molecule is Cc1ccc(-n2c(C)nnc2SC(C)C(=O)c2c(C)[nH]c3ccccc23)cc1. The van der Waals surface area contributed by atoms with Crippen molar-refractivity contribution in [3.63, 3.8) is 0 Å². The van der Waals surface area contributed by atoms with Crippen LogP contribution in [0.5, 0.6) is 0 Å². The zero-order chi connectivity index (χ0) is 19.8. The van der Waals surface area contributed by atoms with Gasteiger partial charge in [-0.25, -0.2) is 0 Å². The third-order valence-corrected chi connectivity index (χ3v) is 5.92. The number of aromatic amines is 1. The van der Waals surface area contributed by atoms with Crippen LogP contribution in [0.15, 0.2) is 53.7 Å². The number of aromatic nitrogens is 4. The van der Waals surface area contributed by atoms with Gasteiger partial charge in [0.05, 0.1) is 5.25 Å². The lowest BCUT2D eigenvalue weighted by Crippen LogP contribution is -2.15. The molecule has 4 aromatic rings. The van der Waals surface area contributed by atoms with Crippen molar-refractivity contribution >= 4 is 28.4 Å². The first-order valence-corrected chi connectivity index (χ1v) is 10.1. The molecule has 2 aromatic carbocycles. The van der Waals surface area contributed by atoms with Crippen molar-refractivity contribution in [2.24, 2.45) is 0 Å². The average molecular weight is 391 g/mol. The van der Waals surface area contributed by atoms with Gasteiger partial charge in [-0.15, -0.1) is 10.2 Å². The Bertz CT molecular complexity index is 1160. The van der Waals surface area contributed by atoms with Gasteiger partial charge in [0.25, 0.3) is 0 Å². The maximum Gasteiger partial charge on any atom is 0.196 e. The van der Waals surface area contributed by atoms with Gasteiger partial charge < -0.3 is 4.98 Å². The molecule has 1 atom stereocenters. The number of hydrogen-bond donors (Lipinski definition) is 1. The summed E-state index contributed by atoms with van der Waals surface area (Å²) in [6.45, 7) is 7.86. The van der Waals surface area contributed by atoms with E-state index in [1.807, 2.05) is 61.7 Å². The molecule has 0 aliphatic heterocycles. The number of Topliss-reactive ketones (excluding diaryl/α,β-unsaturated/α-hetero) is 1. The number of ketones is 1. The molecule has 6 heteroatoms. The first-order chi connectivity index (χ1) is 13.5. The van der Waals surface area contributed by atoms with Crippen LogP contribution >= 0.6 is 11.8 Å². The maximum absolute atomic E-state index is 13.2. The Kier molecular flexibility index (Phi) is 4.81. The molecule has 0 saturated carbocycles. The first-order valence-electron chi connectivity index (χ1n) is 9.23. The predicted molar refractivity (Wildman–Crippen MR) is 114 cm³/mol. The predicted octanol–water partition coefficient (Wildman–Crippen LogP) is 5.04. The van der Waals surface area contributed by atoms with Gasteiger partial charge in [0.2, 0.25) is 0 Å². The van der Waals surface area contributed by atoms with Gasteiger partial charge in [-0.05, 0) is 45.9 Å². The quantitative estimate of drug-likeness (QED) is 0.383. The van der Waals surface area contributed by atoms with Gasteiger partial charge in [-0.1, -0.05) is 47.7 Å². The third-order valence-electron chi connectivity index (χ3n) is 4.88. The largest absolute Gasteiger partial charge is 0.358 e. The molecule has 2 aromatic heterocycles. The minimum atomic E-state index is -0.286. The van der Waals surface area contributed by atoms with Crippen LogP contribution in [0.25, 0.3) is 16.6 Å². The fraction of sp³-hybridized carbons (Fsp3) is 0.227. The summed E-state index contributed by atoms with van der Waals surface area (Å²) in [7, 11) is 0. The molecule has 0 aliphatic rings. The van der Waals surface area contributed by atoms with E-state index in [9.17, 15) is 4.79 Å². The van der Waals surface area contributed by atoms with Crippen LogP contribution in [0.3, 0.4) is 0 Å². The third kappa shape index (κ3) is 3.24. The zero-order valence-corrected chi connectivity index (χ0v) is 17.2. The van der Waals surface area contributed by atoms with Crippen molar-refractivity contribution in [2.45, 2.75) is 38.1 Å². The van der Waals surface area contributed by atoms with E-state index in [-0.39, 0.29) is 11.0 Å². The van der Waals surface area contributed by atoms with Gasteiger partial charge in [0, 0.05) is 27.8 Å². The Labute approximate surface area is 168 Å². The highest BCUT2D eigenvalue weighted by molar-refractivity contribution is 8.00. The van der Waals surface area contributed by atoms with Crippen molar-refractivity contribution in [3.05, 3.63) is 71.2 Å².